The van der Waals surface area contributed by atoms with Crippen LogP contribution < -0.4 is 63.9 Å². The van der Waals surface area contributed by atoms with Crippen LogP contribution in [-0.2, 0) is 0 Å². The van der Waals surface area contributed by atoms with Crippen molar-refractivity contribution in [2.75, 3.05) is 196 Å². The van der Waals surface area contributed by atoms with E-state index in [0.29, 0.717) is 106 Å². The fourth-order valence-electron chi connectivity index (χ4n) is 18.9. The molecule has 19 heterocycles. The first-order valence-corrected chi connectivity index (χ1v) is 50.8. The molecular weight excluding hydrogens is 1810 g/mol. The minimum absolute atomic E-state index is 0.131. The maximum atomic E-state index is 8.85. The SMILES string of the molecule is Cc1ccc2c(N=C3N=C(Nc4c(NCCCN(C)C)nn5c(C)c(C)ccc45)C(=N)C=C3N)c(NCCCN(C)C)nn2c1C.Cc1ccc2c(N=C3N=C(Nc4c(NCCCN5CCCC5)nn5c(C)c(C)ccc45)C(=N)C=C3N)c(NCCCN3CCCC3)nn2c1C.Cc1ccc2c(N=C3N=C(Nc4c(OCCN5CCCC5)nn5c(C)c(C)ccc45)C(=N)C=C3N)c(OCCN3CCCC3)nn2c1C. The van der Waals surface area contributed by atoms with Crippen LogP contribution in [0.25, 0.3) is 33.1 Å². The minimum atomic E-state index is 0.131. The van der Waals surface area contributed by atoms with Crippen molar-refractivity contribution in [2.24, 2.45) is 47.2 Å². The molecule has 12 aromatic heterocycles. The molecular formula is C105H143N37O2. The number of nitrogens with zero attached hydrogens (tertiary/aromatic N) is 24. The monoisotopic (exact) mass is 1950 g/mol. The quantitative estimate of drug-likeness (QED) is 0.0167. The van der Waals surface area contributed by atoms with Crippen LogP contribution in [0.2, 0.25) is 0 Å². The van der Waals surface area contributed by atoms with Crippen molar-refractivity contribution in [1.29, 1.82) is 16.2 Å². The first-order valence-electron chi connectivity index (χ1n) is 50.8. The summed E-state index contributed by atoms with van der Waals surface area (Å²) in [5.41, 5.74) is 43.0. The Labute approximate surface area is 842 Å². The standard InChI is InChI=1S/C37H51N13.C35H45N11O2.C33H47N13/c1-24-11-13-30-32(36(45-49(30)26(24)3)40-15-9-21-47-17-5-6-18-47)42-34-28(38)23-29(39)35(44-34)43-33-31-14-12-25(2)27(4)50(31)46-37(33)41-16-10-22-48-19-7-8-20-48;1-22-9-11-28-30(34(41-45(28)24(22)3)47-19-17-43-13-5-6-14-43)38-32-26(36)21-27(37)33(40-32)39-31-29-12-10-23(2)25(4)46(29)42-35(31)48-20-18-44-15-7-8-16-44;1-20-11-13-26-28(32(41-45(26)22(20)3)36-15-9-17-43(5)6)38-30-24(34)19-25(35)31(40-30)39-29-27-14-12-21(2)23(4)46(27)42-33(29)37-16-10-18-44(7)8/h11-14,23,38H,5-10,15-22,39H2,1-4H3,(H,40,45)(H,41,46)(H,42,43,44);9-12,21,36H,5-8,13-20,37H2,1-4H3,(H,38,39,40);11-14,19,34H,9-10,15-18,35H2,1-8H3,(H,36,41)(H,37,42)(H,38,39,40). The number of fused-ring (bicyclic) bond motifs is 6. The van der Waals surface area contributed by atoms with E-state index in [1.165, 1.54) is 77.5 Å². The minimum Gasteiger partial charge on any atom is -0.474 e. The van der Waals surface area contributed by atoms with Crippen molar-refractivity contribution in [3.8, 4) is 11.8 Å². The van der Waals surface area contributed by atoms with Crippen LogP contribution in [0.5, 0.6) is 11.8 Å². The zero-order valence-electron chi connectivity index (χ0n) is 86.6. The predicted octanol–water partition coefficient (Wildman–Crippen LogP) is 14.4. The Hall–Kier alpha value is -14.3. The molecule has 0 bridgehead atoms. The number of hydrogen-bond acceptors (Lipinski definition) is 30. The number of aliphatic imine (C=N–C) groups is 6. The Bertz CT molecular complexity index is 7120. The lowest BCUT2D eigenvalue weighted by atomic mass is 10.2. The van der Waals surface area contributed by atoms with Gasteiger partial charge in [-0.25, -0.2) is 57.0 Å². The number of aromatic nitrogens is 12. The summed E-state index contributed by atoms with van der Waals surface area (Å²) in [6.45, 7) is 43.6. The van der Waals surface area contributed by atoms with Crippen molar-refractivity contribution >= 4 is 143 Å². The molecule has 0 saturated carbocycles. The van der Waals surface area contributed by atoms with E-state index in [4.69, 9.17) is 103 Å². The van der Waals surface area contributed by atoms with Gasteiger partial charge in [-0.2, -0.15) is 0 Å². The molecule has 12 aromatic rings. The van der Waals surface area contributed by atoms with Crippen LogP contribution in [0, 0.1) is 99.3 Å². The number of nitrogens with one attached hydrogen (secondary N) is 10. The van der Waals surface area contributed by atoms with Crippen LogP contribution in [0.1, 0.15) is 145 Å². The topological polar surface area (TPSA) is 450 Å². The van der Waals surface area contributed by atoms with E-state index in [1.807, 2.05) is 78.2 Å². The van der Waals surface area contributed by atoms with E-state index >= 15 is 0 Å². The van der Waals surface area contributed by atoms with Gasteiger partial charge in [0, 0.05) is 73.4 Å². The molecule has 0 unspecified atom stereocenters. The third kappa shape index (κ3) is 22.8. The average molecular weight is 1960 g/mol. The summed E-state index contributed by atoms with van der Waals surface area (Å²) >= 11 is 0. The molecule has 0 aliphatic carbocycles. The normalized spacial score (nSPS) is 17.0. The lowest BCUT2D eigenvalue weighted by Crippen LogP contribution is -2.30. The highest BCUT2D eigenvalue weighted by Crippen LogP contribution is 2.40. The maximum Gasteiger partial charge on any atom is 0.260 e. The van der Waals surface area contributed by atoms with E-state index < -0.39 is 0 Å². The van der Waals surface area contributed by atoms with Crippen molar-refractivity contribution in [1.82, 2.24) is 87.1 Å². The van der Waals surface area contributed by atoms with Gasteiger partial charge in [0.15, 0.2) is 64.0 Å². The molecule has 144 heavy (non-hydrogen) atoms. The van der Waals surface area contributed by atoms with E-state index in [0.717, 1.165) is 235 Å². The summed E-state index contributed by atoms with van der Waals surface area (Å²) in [4.78, 5) is 43.6. The fourth-order valence-corrected chi connectivity index (χ4v) is 18.9. The number of ether oxygens (including phenoxy) is 2. The number of hydrogen-bond donors (Lipinski definition) is 13. The van der Waals surface area contributed by atoms with E-state index in [1.54, 1.807) is 18.2 Å². The summed E-state index contributed by atoms with van der Waals surface area (Å²) in [7, 11) is 8.25. The summed E-state index contributed by atoms with van der Waals surface area (Å²) in [6.07, 6.45) is 18.8. The molecule has 7 aliphatic heterocycles. The molecule has 0 spiro atoms. The van der Waals surface area contributed by atoms with Gasteiger partial charge in [-0.15, -0.1) is 30.6 Å². The second-order valence-corrected chi connectivity index (χ2v) is 39.3. The van der Waals surface area contributed by atoms with Gasteiger partial charge in [-0.3, -0.25) is 26.0 Å². The number of pyridine rings is 6. The van der Waals surface area contributed by atoms with Gasteiger partial charge < -0.3 is 83.5 Å². The lowest BCUT2D eigenvalue weighted by molar-refractivity contribution is 0.232. The molecule has 16 N–H and O–H groups in total. The van der Waals surface area contributed by atoms with E-state index in [2.05, 4.69) is 200 Å². The van der Waals surface area contributed by atoms with Crippen LogP contribution in [-0.4, -0.2) is 298 Å². The van der Waals surface area contributed by atoms with Crippen LogP contribution in [0.3, 0.4) is 0 Å². The highest BCUT2D eigenvalue weighted by molar-refractivity contribution is 6.54. The Morgan fingerprint density at radius 2 is 0.583 bits per heavy atom. The second-order valence-electron chi connectivity index (χ2n) is 39.3. The van der Waals surface area contributed by atoms with Gasteiger partial charge in [0.25, 0.3) is 11.8 Å². The fraction of sp³-hybridized carbons (Fsp3) is 0.457. The van der Waals surface area contributed by atoms with Crippen molar-refractivity contribution in [3.63, 3.8) is 0 Å². The molecule has 4 fully saturated rings. The highest BCUT2D eigenvalue weighted by Gasteiger charge is 2.31. The van der Waals surface area contributed by atoms with Crippen molar-refractivity contribution in [2.45, 2.75) is 160 Å². The van der Waals surface area contributed by atoms with Gasteiger partial charge in [0.05, 0.1) is 67.3 Å². The zero-order valence-corrected chi connectivity index (χ0v) is 86.6. The maximum absolute atomic E-state index is 8.85. The van der Waals surface area contributed by atoms with E-state index in [9.17, 15) is 0 Å². The lowest BCUT2D eigenvalue weighted by Gasteiger charge is -2.17. The number of dihydropyridines is 3. The Morgan fingerprint density at radius 1 is 0.319 bits per heavy atom. The highest BCUT2D eigenvalue weighted by atomic mass is 16.5. The van der Waals surface area contributed by atoms with E-state index in [-0.39, 0.29) is 28.7 Å². The molecule has 0 amide bonds. The number of rotatable bonds is 34. The van der Waals surface area contributed by atoms with Crippen molar-refractivity contribution < 1.29 is 9.47 Å². The van der Waals surface area contributed by atoms with Gasteiger partial charge >= 0.3 is 0 Å². The van der Waals surface area contributed by atoms with Crippen LogP contribution in [0.15, 0.2) is 138 Å². The molecule has 760 valence electrons. The molecule has 19 rings (SSSR count). The first-order chi connectivity index (χ1) is 69.5. The molecule has 39 nitrogen and oxygen atoms in total. The second kappa shape index (κ2) is 45.1. The third-order valence-electron chi connectivity index (χ3n) is 28.3. The van der Waals surface area contributed by atoms with Crippen LogP contribution >= 0.6 is 0 Å². The molecule has 7 aliphatic rings. The smallest absolute Gasteiger partial charge is 0.260 e. The largest absolute Gasteiger partial charge is 0.474 e. The van der Waals surface area contributed by atoms with Gasteiger partial charge in [0.1, 0.15) is 41.7 Å². The molecule has 4 saturated heterocycles. The number of aryl methyl sites for hydroxylation is 12. The Kier molecular flexibility index (Phi) is 31.7. The molecule has 0 aromatic carbocycles. The Morgan fingerprint density at radius 3 is 0.938 bits per heavy atom. The molecule has 39 heteroatoms. The number of anilines is 7. The van der Waals surface area contributed by atoms with Gasteiger partial charge in [-0.1, -0.05) is 36.4 Å². The van der Waals surface area contributed by atoms with Gasteiger partial charge in [0.2, 0.25) is 0 Å². The molecule has 0 radical (unpaired) electrons. The number of likely N-dealkylation sites (tertiary alicyclic amines) is 4. The molecule has 0 atom stereocenters. The number of nitrogens with two attached hydrogens (primary N) is 3. The predicted molar refractivity (Wildman–Crippen MR) is 586 cm³/mol. The number of amidine groups is 6. The van der Waals surface area contributed by atoms with Crippen molar-refractivity contribution in [3.05, 3.63) is 176 Å². The summed E-state index contributed by atoms with van der Waals surface area (Å²) in [5, 5.41) is 80.1. The first kappa shape index (κ1) is 101. The third-order valence-corrected chi connectivity index (χ3v) is 28.3. The summed E-state index contributed by atoms with van der Waals surface area (Å²) in [5.74, 6) is 5.56. The van der Waals surface area contributed by atoms with Crippen LogP contribution in [0.4, 0.5) is 57.4 Å². The average Bonchev–Trinajstić information content (AvgIpc) is 1.84. The zero-order chi connectivity index (χ0) is 101. The Balaban J connectivity index is 0.000000148. The summed E-state index contributed by atoms with van der Waals surface area (Å²) < 4.78 is 24.0. The van der Waals surface area contributed by atoms with Gasteiger partial charge in [-0.05, 0) is 355 Å². The summed E-state index contributed by atoms with van der Waals surface area (Å²) in [6, 6.07) is 24.6.